The Balaban J connectivity index is 1.44. The van der Waals surface area contributed by atoms with Crippen molar-refractivity contribution in [2.75, 3.05) is 37.8 Å². The fraction of sp³-hybridized carbons (Fsp3) is 0.474. The number of halogens is 1. The molecule has 2 N–H and O–H groups in total. The highest BCUT2D eigenvalue weighted by Crippen LogP contribution is 2.24. The van der Waals surface area contributed by atoms with Crippen molar-refractivity contribution in [1.29, 1.82) is 0 Å². The lowest BCUT2D eigenvalue weighted by molar-refractivity contribution is -0.126. The number of piperidine rings is 1. The highest BCUT2D eigenvalue weighted by atomic mass is 35.5. The second kappa shape index (κ2) is 9.07. The van der Waals surface area contributed by atoms with Gasteiger partial charge in [-0.05, 0) is 43.5 Å². The zero-order valence-electron chi connectivity index (χ0n) is 15.8. The molecule has 9 heteroatoms. The van der Waals surface area contributed by atoms with E-state index in [1.807, 2.05) is 24.3 Å². The van der Waals surface area contributed by atoms with Crippen LogP contribution in [0.4, 0.5) is 5.69 Å². The quantitative estimate of drug-likeness (QED) is 0.666. The number of sulfonamides is 1. The molecule has 1 amide bonds. The van der Waals surface area contributed by atoms with E-state index in [0.29, 0.717) is 31.1 Å². The number of rotatable bonds is 7. The summed E-state index contributed by atoms with van der Waals surface area (Å²) in [4.78, 5) is 16.7. The van der Waals surface area contributed by atoms with E-state index in [-0.39, 0.29) is 18.4 Å². The first-order valence-corrected chi connectivity index (χ1v) is 11.6. The lowest BCUT2D eigenvalue weighted by Gasteiger charge is -2.30. The summed E-state index contributed by atoms with van der Waals surface area (Å²) in [5, 5.41) is 7.94. The Bertz CT molecular complexity index is 951. The average molecular weight is 425 g/mol. The predicted molar refractivity (Wildman–Crippen MR) is 112 cm³/mol. The van der Waals surface area contributed by atoms with Gasteiger partial charge in [0.05, 0.1) is 17.7 Å². The van der Waals surface area contributed by atoms with E-state index in [1.165, 1.54) is 10.6 Å². The van der Waals surface area contributed by atoms with Crippen LogP contribution in [0.2, 0.25) is 5.02 Å². The molecule has 0 aliphatic carbocycles. The predicted octanol–water partition coefficient (Wildman–Crippen LogP) is 2.48. The molecule has 1 atom stereocenters. The van der Waals surface area contributed by atoms with Crippen LogP contribution in [0.15, 0.2) is 30.5 Å². The zero-order chi connectivity index (χ0) is 20.1. The standard InChI is InChI=1S/C19H25ClN4O3S/c1-28(26,27)24-11-2-4-14(13-24)19(25)23-9-3-8-21-17-7-10-22-18-12-15(20)5-6-16(17)18/h5-7,10,12,14H,2-4,8-9,11,13H2,1H3,(H,21,22)(H,23,25). The van der Waals surface area contributed by atoms with E-state index in [9.17, 15) is 13.2 Å². The van der Waals surface area contributed by atoms with Crippen LogP contribution >= 0.6 is 11.6 Å². The van der Waals surface area contributed by atoms with Gasteiger partial charge in [0.15, 0.2) is 0 Å². The molecule has 152 valence electrons. The third-order valence-electron chi connectivity index (χ3n) is 4.90. The third kappa shape index (κ3) is 5.33. The number of nitrogens with one attached hydrogen (secondary N) is 2. The molecule has 1 aliphatic rings. The van der Waals surface area contributed by atoms with Gasteiger partial charge < -0.3 is 10.6 Å². The molecule has 0 radical (unpaired) electrons. The molecular weight excluding hydrogens is 400 g/mol. The van der Waals surface area contributed by atoms with Crippen LogP contribution in [0.5, 0.6) is 0 Å². The van der Waals surface area contributed by atoms with Crippen LogP contribution in [0.3, 0.4) is 0 Å². The van der Waals surface area contributed by atoms with Crippen molar-refractivity contribution >= 4 is 44.1 Å². The number of fused-ring (bicyclic) bond motifs is 1. The largest absolute Gasteiger partial charge is 0.384 e. The van der Waals surface area contributed by atoms with Crippen molar-refractivity contribution in [3.63, 3.8) is 0 Å². The molecule has 1 aliphatic heterocycles. The van der Waals surface area contributed by atoms with Gasteiger partial charge in [-0.3, -0.25) is 9.78 Å². The van der Waals surface area contributed by atoms with E-state index >= 15 is 0 Å². The molecule has 1 aromatic heterocycles. The van der Waals surface area contributed by atoms with Crippen LogP contribution in [-0.4, -0.2) is 56.0 Å². The maximum absolute atomic E-state index is 12.3. The van der Waals surface area contributed by atoms with Crippen LogP contribution in [0.1, 0.15) is 19.3 Å². The van der Waals surface area contributed by atoms with Gasteiger partial charge in [0, 0.05) is 48.5 Å². The topological polar surface area (TPSA) is 91.4 Å². The Labute approximate surface area is 170 Å². The maximum atomic E-state index is 12.3. The van der Waals surface area contributed by atoms with E-state index < -0.39 is 10.0 Å². The Morgan fingerprint density at radius 1 is 1.32 bits per heavy atom. The van der Waals surface area contributed by atoms with Gasteiger partial charge in [0.1, 0.15) is 0 Å². The highest BCUT2D eigenvalue weighted by Gasteiger charge is 2.29. The van der Waals surface area contributed by atoms with Gasteiger partial charge in [-0.25, -0.2) is 12.7 Å². The number of carbonyl (C=O) groups excluding carboxylic acids is 1. The first-order chi connectivity index (χ1) is 13.3. The third-order valence-corrected chi connectivity index (χ3v) is 6.40. The number of hydrogen-bond acceptors (Lipinski definition) is 5. The summed E-state index contributed by atoms with van der Waals surface area (Å²) in [7, 11) is -3.24. The highest BCUT2D eigenvalue weighted by molar-refractivity contribution is 7.88. The molecule has 3 rings (SSSR count). The number of carbonyl (C=O) groups is 1. The number of aromatic nitrogens is 1. The molecule has 1 fully saturated rings. The summed E-state index contributed by atoms with van der Waals surface area (Å²) in [5.41, 5.74) is 1.81. The monoisotopic (exact) mass is 424 g/mol. The molecule has 1 saturated heterocycles. The van der Waals surface area contributed by atoms with E-state index in [2.05, 4.69) is 15.6 Å². The van der Waals surface area contributed by atoms with Gasteiger partial charge in [-0.2, -0.15) is 0 Å². The zero-order valence-corrected chi connectivity index (χ0v) is 17.4. The molecule has 7 nitrogen and oxygen atoms in total. The number of nitrogens with zero attached hydrogens (tertiary/aromatic N) is 2. The van der Waals surface area contributed by atoms with Crippen molar-refractivity contribution in [2.45, 2.75) is 19.3 Å². The molecule has 0 spiro atoms. The summed E-state index contributed by atoms with van der Waals surface area (Å²) in [6, 6.07) is 7.51. The van der Waals surface area contributed by atoms with Crippen molar-refractivity contribution in [1.82, 2.24) is 14.6 Å². The van der Waals surface area contributed by atoms with Crippen molar-refractivity contribution < 1.29 is 13.2 Å². The van der Waals surface area contributed by atoms with Crippen LogP contribution in [0.25, 0.3) is 10.9 Å². The van der Waals surface area contributed by atoms with Crippen molar-refractivity contribution in [3.8, 4) is 0 Å². The molecule has 2 heterocycles. The maximum Gasteiger partial charge on any atom is 0.224 e. The summed E-state index contributed by atoms with van der Waals surface area (Å²) in [6.45, 7) is 2.00. The van der Waals surface area contributed by atoms with Gasteiger partial charge in [-0.15, -0.1) is 0 Å². The lowest BCUT2D eigenvalue weighted by Crippen LogP contribution is -2.45. The molecular formula is C19H25ClN4O3S. The van der Waals surface area contributed by atoms with Gasteiger partial charge in [-0.1, -0.05) is 11.6 Å². The SMILES string of the molecule is CS(=O)(=O)N1CCCC(C(=O)NCCCNc2ccnc3cc(Cl)ccc23)C1. The van der Waals surface area contributed by atoms with E-state index in [0.717, 1.165) is 29.4 Å². The Morgan fingerprint density at radius 3 is 2.93 bits per heavy atom. The van der Waals surface area contributed by atoms with Crippen LogP contribution < -0.4 is 10.6 Å². The molecule has 0 saturated carbocycles. The van der Waals surface area contributed by atoms with Gasteiger partial charge in [0.2, 0.25) is 15.9 Å². The fourth-order valence-electron chi connectivity index (χ4n) is 3.40. The first-order valence-electron chi connectivity index (χ1n) is 9.35. The number of pyridine rings is 1. The molecule has 0 bridgehead atoms. The fourth-order valence-corrected chi connectivity index (χ4v) is 4.48. The summed E-state index contributed by atoms with van der Waals surface area (Å²) in [5.74, 6) is -0.345. The van der Waals surface area contributed by atoms with E-state index in [1.54, 1.807) is 6.20 Å². The average Bonchev–Trinajstić information content (AvgIpc) is 2.66. The summed E-state index contributed by atoms with van der Waals surface area (Å²) < 4.78 is 24.7. The van der Waals surface area contributed by atoms with E-state index in [4.69, 9.17) is 11.6 Å². The van der Waals surface area contributed by atoms with Crippen LogP contribution in [-0.2, 0) is 14.8 Å². The van der Waals surface area contributed by atoms with Gasteiger partial charge in [0.25, 0.3) is 0 Å². The smallest absolute Gasteiger partial charge is 0.224 e. The first kappa shape index (κ1) is 20.8. The lowest BCUT2D eigenvalue weighted by atomic mass is 9.99. The Kier molecular flexibility index (Phi) is 6.74. The molecule has 1 unspecified atom stereocenters. The minimum atomic E-state index is -3.24. The molecule has 2 aromatic rings. The second-order valence-corrected chi connectivity index (χ2v) is 9.47. The number of hydrogen-bond donors (Lipinski definition) is 2. The number of amides is 1. The summed E-state index contributed by atoms with van der Waals surface area (Å²) >= 11 is 6.01. The van der Waals surface area contributed by atoms with Gasteiger partial charge >= 0.3 is 0 Å². The molecule has 1 aromatic carbocycles. The van der Waals surface area contributed by atoms with Crippen molar-refractivity contribution in [2.24, 2.45) is 5.92 Å². The normalized spacial score (nSPS) is 18.1. The number of anilines is 1. The van der Waals surface area contributed by atoms with Crippen LogP contribution in [0, 0.1) is 5.92 Å². The summed E-state index contributed by atoms with van der Waals surface area (Å²) in [6.07, 6.45) is 5.12. The Hall–Kier alpha value is -1.90. The van der Waals surface area contributed by atoms with Crippen molar-refractivity contribution in [3.05, 3.63) is 35.5 Å². The second-order valence-electron chi connectivity index (χ2n) is 7.05. The number of benzene rings is 1. The Morgan fingerprint density at radius 2 is 2.14 bits per heavy atom. The molecule has 28 heavy (non-hydrogen) atoms. The minimum Gasteiger partial charge on any atom is -0.384 e. The minimum absolute atomic E-state index is 0.0719.